The first-order chi connectivity index (χ1) is 10.1. The number of carbonyl (C=O) groups excluding carboxylic acids is 1. The third-order valence-corrected chi connectivity index (χ3v) is 3.93. The smallest absolute Gasteiger partial charge is 0.232 e. The Balaban J connectivity index is 2.60. The van der Waals surface area contributed by atoms with Crippen molar-refractivity contribution in [3.05, 3.63) is 23.8 Å². The molecule has 0 bridgehead atoms. The number of nitrogens with two attached hydrogens (primary N) is 1. The number of aryl methyl sites for hydroxylation is 1. The third-order valence-electron chi connectivity index (χ3n) is 2.86. The van der Waals surface area contributed by atoms with E-state index in [0.717, 1.165) is 10.5 Å². The summed E-state index contributed by atoms with van der Waals surface area (Å²) in [4.78, 5) is 14.6. The largest absolute Gasteiger partial charge is 0.398 e. The summed E-state index contributed by atoms with van der Waals surface area (Å²) in [6, 6.07) is 9.75. The molecule has 0 fully saturated rings. The molecule has 5 nitrogen and oxygen atoms in total. The molecule has 0 unspecified atom stereocenters. The average molecular weight is 302 g/mol. The molecule has 0 aliphatic rings. The van der Waals surface area contributed by atoms with Gasteiger partial charge in [-0.3, -0.25) is 4.79 Å². The quantitative estimate of drug-likeness (QED) is 0.616. The number of thioether (sulfide) groups is 1. The number of amides is 1. The van der Waals surface area contributed by atoms with Crippen molar-refractivity contribution >= 4 is 23.4 Å². The number of hydrogen-bond acceptors (Lipinski definition) is 5. The Bertz CT molecular complexity index is 556. The van der Waals surface area contributed by atoms with Gasteiger partial charge in [0.2, 0.25) is 5.91 Å². The summed E-state index contributed by atoms with van der Waals surface area (Å²) in [6.07, 6.45) is 0.545. The van der Waals surface area contributed by atoms with Crippen LogP contribution in [0, 0.1) is 29.6 Å². The molecule has 2 N–H and O–H groups in total. The van der Waals surface area contributed by atoms with Crippen molar-refractivity contribution in [3.8, 4) is 12.1 Å². The van der Waals surface area contributed by atoms with Gasteiger partial charge in [-0.1, -0.05) is 6.07 Å². The van der Waals surface area contributed by atoms with E-state index in [1.807, 2.05) is 37.3 Å². The van der Waals surface area contributed by atoms with Crippen molar-refractivity contribution in [2.24, 2.45) is 0 Å². The van der Waals surface area contributed by atoms with Gasteiger partial charge in [0.05, 0.1) is 30.7 Å². The predicted molar refractivity (Wildman–Crippen MR) is 83.4 cm³/mol. The molecule has 0 atom stereocenters. The van der Waals surface area contributed by atoms with Crippen molar-refractivity contribution in [2.75, 3.05) is 24.6 Å². The molecule has 1 rings (SSSR count). The van der Waals surface area contributed by atoms with Crippen LogP contribution in [0.2, 0.25) is 0 Å². The van der Waals surface area contributed by atoms with Crippen molar-refractivity contribution in [2.45, 2.75) is 24.7 Å². The van der Waals surface area contributed by atoms with Crippen LogP contribution in [0.5, 0.6) is 0 Å². The van der Waals surface area contributed by atoms with Crippen LogP contribution in [0.4, 0.5) is 5.69 Å². The van der Waals surface area contributed by atoms with E-state index in [4.69, 9.17) is 16.3 Å². The zero-order valence-corrected chi connectivity index (χ0v) is 12.8. The number of anilines is 1. The van der Waals surface area contributed by atoms with E-state index >= 15 is 0 Å². The highest BCUT2D eigenvalue weighted by Gasteiger charge is 2.14. The van der Waals surface area contributed by atoms with Crippen LogP contribution in [0.1, 0.15) is 18.4 Å². The van der Waals surface area contributed by atoms with Crippen molar-refractivity contribution in [1.29, 1.82) is 10.5 Å². The van der Waals surface area contributed by atoms with Gasteiger partial charge in [-0.05, 0) is 24.6 Å². The Morgan fingerprint density at radius 2 is 1.90 bits per heavy atom. The molecule has 1 amide bonds. The molecule has 0 aliphatic carbocycles. The molecule has 0 saturated carbocycles. The topological polar surface area (TPSA) is 93.9 Å². The second-order valence-electron chi connectivity index (χ2n) is 4.53. The van der Waals surface area contributed by atoms with E-state index in [-0.39, 0.29) is 24.5 Å². The Hall–Kier alpha value is -2.18. The van der Waals surface area contributed by atoms with Gasteiger partial charge < -0.3 is 10.6 Å². The van der Waals surface area contributed by atoms with Gasteiger partial charge in [-0.2, -0.15) is 10.5 Å². The maximum Gasteiger partial charge on any atom is 0.232 e. The average Bonchev–Trinajstić information content (AvgIpc) is 2.46. The number of nitriles is 2. The maximum atomic E-state index is 12.2. The number of nitrogens with zero attached hydrogens (tertiary/aromatic N) is 3. The second-order valence-corrected chi connectivity index (χ2v) is 5.54. The molecule has 0 radical (unpaired) electrons. The molecule has 0 aliphatic heterocycles. The van der Waals surface area contributed by atoms with Gasteiger partial charge in [-0.15, -0.1) is 11.8 Å². The van der Waals surface area contributed by atoms with Crippen LogP contribution in [-0.4, -0.2) is 29.6 Å². The van der Waals surface area contributed by atoms with Crippen LogP contribution < -0.4 is 5.73 Å². The lowest BCUT2D eigenvalue weighted by molar-refractivity contribution is -0.128. The van der Waals surface area contributed by atoms with E-state index in [1.54, 1.807) is 4.90 Å². The second kappa shape index (κ2) is 8.89. The first kappa shape index (κ1) is 16.9. The molecule has 0 saturated heterocycles. The van der Waals surface area contributed by atoms with Crippen LogP contribution in [0.15, 0.2) is 23.1 Å². The minimum absolute atomic E-state index is 0.0783. The van der Waals surface area contributed by atoms with Gasteiger partial charge in [0.15, 0.2) is 0 Å². The number of hydrogen-bond donors (Lipinski definition) is 1. The summed E-state index contributed by atoms with van der Waals surface area (Å²) in [5.74, 6) is 0.176. The van der Waals surface area contributed by atoms with Gasteiger partial charge in [0.25, 0.3) is 0 Å². The molecule has 1 aromatic rings. The van der Waals surface area contributed by atoms with E-state index < -0.39 is 0 Å². The Morgan fingerprint density at radius 3 is 2.43 bits per heavy atom. The highest BCUT2D eigenvalue weighted by atomic mass is 32.2. The first-order valence-electron chi connectivity index (χ1n) is 6.59. The minimum atomic E-state index is -0.0783. The monoisotopic (exact) mass is 302 g/mol. The van der Waals surface area contributed by atoms with Gasteiger partial charge in [0, 0.05) is 23.7 Å². The van der Waals surface area contributed by atoms with Crippen LogP contribution in [-0.2, 0) is 4.79 Å². The van der Waals surface area contributed by atoms with Crippen LogP contribution >= 0.6 is 11.8 Å². The normalized spacial score (nSPS) is 9.67. The lowest BCUT2D eigenvalue weighted by Gasteiger charge is -2.20. The highest BCUT2D eigenvalue weighted by molar-refractivity contribution is 8.00. The SMILES string of the molecule is Cc1ccc(SCC(=O)N(CCC#N)CCC#N)c(N)c1. The van der Waals surface area contributed by atoms with Gasteiger partial charge in [0.1, 0.15) is 0 Å². The van der Waals surface area contributed by atoms with Crippen molar-refractivity contribution in [3.63, 3.8) is 0 Å². The number of benzene rings is 1. The fourth-order valence-corrected chi connectivity index (χ4v) is 2.61. The van der Waals surface area contributed by atoms with Crippen molar-refractivity contribution < 1.29 is 4.79 Å². The molecule has 0 spiro atoms. The fourth-order valence-electron chi connectivity index (χ4n) is 1.76. The Morgan fingerprint density at radius 1 is 1.29 bits per heavy atom. The zero-order valence-electron chi connectivity index (χ0n) is 12.0. The molecular formula is C15H18N4OS. The Kier molecular flexibility index (Phi) is 7.14. The van der Waals surface area contributed by atoms with E-state index in [1.165, 1.54) is 11.8 Å². The molecule has 0 heterocycles. The third kappa shape index (κ3) is 5.76. The standard InChI is InChI=1S/C15H18N4OS/c1-12-4-5-14(13(18)10-12)21-11-15(20)19(8-2-6-16)9-3-7-17/h4-5,10H,2-3,8-9,11,18H2,1H3. The summed E-state index contributed by atoms with van der Waals surface area (Å²) in [6.45, 7) is 2.68. The lowest BCUT2D eigenvalue weighted by Crippen LogP contribution is -2.34. The summed E-state index contributed by atoms with van der Waals surface area (Å²) in [7, 11) is 0. The van der Waals surface area contributed by atoms with Crippen LogP contribution in [0.3, 0.4) is 0 Å². The molecule has 0 aromatic heterocycles. The number of carbonyl (C=O) groups is 1. The highest BCUT2D eigenvalue weighted by Crippen LogP contribution is 2.26. The van der Waals surface area contributed by atoms with E-state index in [2.05, 4.69) is 0 Å². The number of rotatable bonds is 7. The van der Waals surface area contributed by atoms with Gasteiger partial charge >= 0.3 is 0 Å². The van der Waals surface area contributed by atoms with Crippen molar-refractivity contribution in [1.82, 2.24) is 4.90 Å². The van der Waals surface area contributed by atoms with E-state index in [9.17, 15) is 4.79 Å². The summed E-state index contributed by atoms with van der Waals surface area (Å²) >= 11 is 1.38. The fraction of sp³-hybridized carbons (Fsp3) is 0.400. The van der Waals surface area contributed by atoms with E-state index in [0.29, 0.717) is 18.8 Å². The molecular weight excluding hydrogens is 284 g/mol. The predicted octanol–water partition coefficient (Wildman–Crippen LogP) is 2.33. The molecule has 6 heteroatoms. The minimum Gasteiger partial charge on any atom is -0.398 e. The maximum absolute atomic E-state index is 12.2. The molecule has 21 heavy (non-hydrogen) atoms. The zero-order chi connectivity index (χ0) is 15.7. The molecule has 1 aromatic carbocycles. The number of nitrogen functional groups attached to an aromatic ring is 1. The summed E-state index contributed by atoms with van der Waals surface area (Å²) < 4.78 is 0. The van der Waals surface area contributed by atoms with Crippen LogP contribution in [0.25, 0.3) is 0 Å². The summed E-state index contributed by atoms with van der Waals surface area (Å²) in [5, 5.41) is 17.2. The Labute approximate surface area is 129 Å². The summed E-state index contributed by atoms with van der Waals surface area (Å²) in [5.41, 5.74) is 7.65. The molecule has 110 valence electrons. The lowest BCUT2D eigenvalue weighted by atomic mass is 10.2. The first-order valence-corrected chi connectivity index (χ1v) is 7.57. The van der Waals surface area contributed by atoms with Gasteiger partial charge in [-0.25, -0.2) is 0 Å².